The minimum atomic E-state index is -0.220. The lowest BCUT2D eigenvalue weighted by atomic mass is 9.99. The van der Waals surface area contributed by atoms with Crippen molar-refractivity contribution in [2.45, 2.75) is 26.3 Å². The zero-order chi connectivity index (χ0) is 15.0. The van der Waals surface area contributed by atoms with E-state index < -0.39 is 0 Å². The van der Waals surface area contributed by atoms with Gasteiger partial charge in [-0.1, -0.05) is 11.6 Å². The third kappa shape index (κ3) is 2.53. The molecule has 1 N–H and O–H groups in total. The molecule has 2 heterocycles. The predicted octanol–water partition coefficient (Wildman–Crippen LogP) is 1.01. The summed E-state index contributed by atoms with van der Waals surface area (Å²) in [5.41, 5.74) is 1.35. The number of hydrogen-bond acceptors (Lipinski definition) is 3. The molecule has 2 aromatic rings. The molecule has 21 heavy (non-hydrogen) atoms. The molecule has 0 saturated carbocycles. The van der Waals surface area contributed by atoms with Gasteiger partial charge in [-0.25, -0.2) is 4.79 Å². The van der Waals surface area contributed by atoms with Crippen LogP contribution in [0.5, 0.6) is 0 Å². The van der Waals surface area contributed by atoms with Crippen molar-refractivity contribution in [2.24, 2.45) is 13.0 Å². The van der Waals surface area contributed by atoms with E-state index in [-0.39, 0.29) is 11.2 Å². The molecule has 1 aliphatic rings. The Morgan fingerprint density at radius 1 is 1.33 bits per heavy atom. The van der Waals surface area contributed by atoms with Crippen LogP contribution < -0.4 is 16.6 Å². The summed E-state index contributed by atoms with van der Waals surface area (Å²) in [6.07, 6.45) is 2.17. The van der Waals surface area contributed by atoms with Crippen molar-refractivity contribution in [3.8, 4) is 0 Å². The Bertz CT molecular complexity index is 782. The van der Waals surface area contributed by atoms with Gasteiger partial charge in [0.1, 0.15) is 0 Å². The summed E-state index contributed by atoms with van der Waals surface area (Å²) in [6.45, 7) is 4.36. The SMILES string of the molecule is Cc1ccc2c(c1)c(=O)n(CC1CCCNC1)c(=O)n2C. The Labute approximate surface area is 123 Å². The highest BCUT2D eigenvalue weighted by molar-refractivity contribution is 5.78. The van der Waals surface area contributed by atoms with E-state index in [0.29, 0.717) is 23.4 Å². The van der Waals surface area contributed by atoms with Crippen LogP contribution in [0.15, 0.2) is 27.8 Å². The van der Waals surface area contributed by atoms with Crippen LogP contribution in [0.4, 0.5) is 0 Å². The predicted molar refractivity (Wildman–Crippen MR) is 83.8 cm³/mol. The molecule has 1 saturated heterocycles. The van der Waals surface area contributed by atoms with Gasteiger partial charge >= 0.3 is 5.69 Å². The third-order valence-corrected chi connectivity index (χ3v) is 4.35. The standard InChI is InChI=1S/C16H21N3O2/c1-11-5-6-14-13(8-11)15(20)19(16(21)18(14)2)10-12-4-3-7-17-9-12/h5-6,8,12,17H,3-4,7,9-10H2,1-2H3. The van der Waals surface area contributed by atoms with E-state index in [0.717, 1.165) is 31.5 Å². The second-order valence-corrected chi connectivity index (χ2v) is 5.99. The number of nitrogens with zero attached hydrogens (tertiary/aromatic N) is 2. The molecule has 3 rings (SSSR count). The number of rotatable bonds is 2. The van der Waals surface area contributed by atoms with Crippen molar-refractivity contribution in [2.75, 3.05) is 13.1 Å². The van der Waals surface area contributed by atoms with Crippen molar-refractivity contribution < 1.29 is 0 Å². The van der Waals surface area contributed by atoms with Crippen molar-refractivity contribution in [1.29, 1.82) is 0 Å². The van der Waals surface area contributed by atoms with Crippen LogP contribution in [-0.2, 0) is 13.6 Å². The number of aryl methyl sites for hydroxylation is 2. The monoisotopic (exact) mass is 287 g/mol. The smallest absolute Gasteiger partial charge is 0.316 e. The van der Waals surface area contributed by atoms with E-state index in [4.69, 9.17) is 0 Å². The van der Waals surface area contributed by atoms with Crippen LogP contribution in [0.2, 0.25) is 0 Å². The van der Waals surface area contributed by atoms with E-state index in [9.17, 15) is 9.59 Å². The summed E-state index contributed by atoms with van der Waals surface area (Å²) in [5.74, 6) is 0.353. The Kier molecular flexibility index (Phi) is 3.68. The molecule has 5 nitrogen and oxygen atoms in total. The highest BCUT2D eigenvalue weighted by atomic mass is 16.2. The highest BCUT2D eigenvalue weighted by Crippen LogP contribution is 2.13. The van der Waals surface area contributed by atoms with Gasteiger partial charge in [-0.3, -0.25) is 13.9 Å². The summed E-state index contributed by atoms with van der Waals surface area (Å²) >= 11 is 0. The molecule has 0 aliphatic carbocycles. The quantitative estimate of drug-likeness (QED) is 0.897. The van der Waals surface area contributed by atoms with Crippen LogP contribution in [0.3, 0.4) is 0 Å². The normalized spacial score (nSPS) is 19.0. The molecule has 1 aromatic heterocycles. The Morgan fingerprint density at radius 3 is 2.86 bits per heavy atom. The Morgan fingerprint density at radius 2 is 2.14 bits per heavy atom. The molecule has 1 unspecified atom stereocenters. The summed E-state index contributed by atoms with van der Waals surface area (Å²) in [7, 11) is 1.73. The maximum atomic E-state index is 12.7. The number of fused-ring (bicyclic) bond motifs is 1. The second kappa shape index (κ2) is 5.48. The fourth-order valence-corrected chi connectivity index (χ4v) is 3.13. The van der Waals surface area contributed by atoms with Gasteiger partial charge in [0.15, 0.2) is 0 Å². The van der Waals surface area contributed by atoms with E-state index in [1.54, 1.807) is 11.6 Å². The lowest BCUT2D eigenvalue weighted by molar-refractivity contribution is 0.327. The van der Waals surface area contributed by atoms with Crippen LogP contribution >= 0.6 is 0 Å². The van der Waals surface area contributed by atoms with Crippen molar-refractivity contribution in [3.05, 3.63) is 44.6 Å². The summed E-state index contributed by atoms with van der Waals surface area (Å²) < 4.78 is 2.98. The van der Waals surface area contributed by atoms with Gasteiger partial charge in [-0.05, 0) is 50.9 Å². The molecule has 1 fully saturated rings. The van der Waals surface area contributed by atoms with Crippen LogP contribution in [-0.4, -0.2) is 22.2 Å². The molecule has 0 spiro atoms. The lowest BCUT2D eigenvalue weighted by Gasteiger charge is -2.23. The van der Waals surface area contributed by atoms with Gasteiger partial charge in [0.25, 0.3) is 5.56 Å². The van der Waals surface area contributed by atoms with Gasteiger partial charge in [0, 0.05) is 13.6 Å². The fourth-order valence-electron chi connectivity index (χ4n) is 3.13. The largest absolute Gasteiger partial charge is 0.331 e. The number of benzene rings is 1. The molecule has 1 aliphatic heterocycles. The summed E-state index contributed by atoms with van der Waals surface area (Å²) in [5, 5.41) is 3.96. The van der Waals surface area contributed by atoms with Gasteiger partial charge in [0.2, 0.25) is 0 Å². The number of piperidine rings is 1. The van der Waals surface area contributed by atoms with Crippen LogP contribution in [0.1, 0.15) is 18.4 Å². The molecular weight excluding hydrogens is 266 g/mol. The molecule has 0 amide bonds. The first-order valence-corrected chi connectivity index (χ1v) is 7.49. The Hall–Kier alpha value is -1.88. The average molecular weight is 287 g/mol. The van der Waals surface area contributed by atoms with E-state index in [1.165, 1.54) is 4.57 Å². The van der Waals surface area contributed by atoms with Crippen LogP contribution in [0.25, 0.3) is 10.9 Å². The zero-order valence-corrected chi connectivity index (χ0v) is 12.6. The topological polar surface area (TPSA) is 56.0 Å². The zero-order valence-electron chi connectivity index (χ0n) is 12.6. The van der Waals surface area contributed by atoms with Crippen molar-refractivity contribution in [3.63, 3.8) is 0 Å². The molecule has 0 bridgehead atoms. The molecule has 1 atom stereocenters. The minimum absolute atomic E-state index is 0.164. The summed E-state index contributed by atoms with van der Waals surface area (Å²) in [6, 6.07) is 5.64. The fraction of sp³-hybridized carbons (Fsp3) is 0.500. The number of aromatic nitrogens is 2. The van der Waals surface area contributed by atoms with Crippen molar-refractivity contribution >= 4 is 10.9 Å². The Balaban J connectivity index is 2.13. The van der Waals surface area contributed by atoms with E-state index in [1.807, 2.05) is 25.1 Å². The molecule has 5 heteroatoms. The van der Waals surface area contributed by atoms with Crippen LogP contribution in [0, 0.1) is 12.8 Å². The highest BCUT2D eigenvalue weighted by Gasteiger charge is 2.17. The molecule has 112 valence electrons. The lowest BCUT2D eigenvalue weighted by Crippen LogP contribution is -2.43. The maximum Gasteiger partial charge on any atom is 0.331 e. The minimum Gasteiger partial charge on any atom is -0.316 e. The number of hydrogen-bond donors (Lipinski definition) is 1. The number of nitrogens with one attached hydrogen (secondary N) is 1. The van der Waals surface area contributed by atoms with Gasteiger partial charge in [-0.2, -0.15) is 0 Å². The first-order valence-electron chi connectivity index (χ1n) is 7.49. The summed E-state index contributed by atoms with van der Waals surface area (Å²) in [4.78, 5) is 25.1. The molecule has 1 aromatic carbocycles. The molecular formula is C16H21N3O2. The van der Waals surface area contributed by atoms with E-state index >= 15 is 0 Å². The van der Waals surface area contributed by atoms with Crippen molar-refractivity contribution in [1.82, 2.24) is 14.5 Å². The van der Waals surface area contributed by atoms with E-state index in [2.05, 4.69) is 5.32 Å². The first kappa shape index (κ1) is 14.1. The third-order valence-electron chi connectivity index (χ3n) is 4.35. The van der Waals surface area contributed by atoms with Gasteiger partial charge < -0.3 is 5.32 Å². The maximum absolute atomic E-state index is 12.7. The van der Waals surface area contributed by atoms with Gasteiger partial charge in [0.05, 0.1) is 10.9 Å². The van der Waals surface area contributed by atoms with Gasteiger partial charge in [-0.15, -0.1) is 0 Å². The second-order valence-electron chi connectivity index (χ2n) is 5.99. The average Bonchev–Trinajstić information content (AvgIpc) is 2.50. The first-order chi connectivity index (χ1) is 10.1. The molecule has 0 radical (unpaired) electrons.